The predicted molar refractivity (Wildman–Crippen MR) is 84.7 cm³/mol. The van der Waals surface area contributed by atoms with Crippen molar-refractivity contribution in [2.24, 2.45) is 0 Å². The van der Waals surface area contributed by atoms with E-state index in [1.807, 2.05) is 0 Å². The van der Waals surface area contributed by atoms with Crippen molar-refractivity contribution in [1.82, 2.24) is 0 Å². The first-order valence-corrected chi connectivity index (χ1v) is 7.39. The van der Waals surface area contributed by atoms with Gasteiger partial charge in [-0.2, -0.15) is 0 Å². The fourth-order valence-electron chi connectivity index (χ4n) is 2.55. The summed E-state index contributed by atoms with van der Waals surface area (Å²) in [6.07, 6.45) is -2.46. The van der Waals surface area contributed by atoms with Crippen molar-refractivity contribution in [1.29, 1.82) is 0 Å². The zero-order chi connectivity index (χ0) is 18.0. The van der Waals surface area contributed by atoms with E-state index in [1.54, 1.807) is 0 Å². The van der Waals surface area contributed by atoms with Gasteiger partial charge in [-0.1, -0.05) is 0 Å². The second-order valence-corrected chi connectivity index (χ2v) is 5.49. The number of benzene rings is 2. The lowest BCUT2D eigenvalue weighted by molar-refractivity contribution is -0.385. The number of nitrogens with zero attached hydrogens (tertiary/aromatic N) is 2. The van der Waals surface area contributed by atoms with Crippen molar-refractivity contribution in [3.63, 3.8) is 0 Å². The van der Waals surface area contributed by atoms with E-state index in [-0.39, 0.29) is 18.0 Å². The predicted octanol–water partition coefficient (Wildman–Crippen LogP) is 2.65. The Morgan fingerprint density at radius 1 is 0.880 bits per heavy atom. The van der Waals surface area contributed by atoms with Gasteiger partial charge in [0.15, 0.2) is 6.29 Å². The van der Waals surface area contributed by atoms with Gasteiger partial charge in [0.25, 0.3) is 11.4 Å². The molecular formula is C16H14N2O7. The van der Waals surface area contributed by atoms with Crippen LogP contribution in [0.25, 0.3) is 0 Å². The van der Waals surface area contributed by atoms with Crippen LogP contribution in [0.3, 0.4) is 0 Å². The standard InChI is InChI=1S/C16H14N2O7/c19-14-9-24-16(11-3-7-13(8-4-11)18(22)23)25-15(14)10-1-5-12(6-2-10)17(20)21/h1-8,14-16,19H,9H2/t14-,15-,16-/m1/s1. The Morgan fingerprint density at radius 2 is 1.36 bits per heavy atom. The maximum Gasteiger partial charge on any atom is 0.269 e. The average Bonchev–Trinajstić information content (AvgIpc) is 2.62. The Bertz CT molecular complexity index is 776. The summed E-state index contributed by atoms with van der Waals surface area (Å²) in [4.78, 5) is 20.4. The van der Waals surface area contributed by atoms with E-state index in [1.165, 1.54) is 48.5 Å². The molecule has 1 saturated heterocycles. The number of non-ortho nitro benzene ring substituents is 2. The molecule has 1 N–H and O–H groups in total. The highest BCUT2D eigenvalue weighted by atomic mass is 16.7. The highest BCUT2D eigenvalue weighted by Gasteiger charge is 2.33. The number of nitro benzene ring substituents is 2. The summed E-state index contributed by atoms with van der Waals surface area (Å²) >= 11 is 0. The molecule has 2 aromatic carbocycles. The first kappa shape index (κ1) is 17.0. The minimum atomic E-state index is -0.934. The second kappa shape index (κ2) is 6.93. The van der Waals surface area contributed by atoms with Crippen LogP contribution >= 0.6 is 0 Å². The van der Waals surface area contributed by atoms with E-state index in [4.69, 9.17) is 9.47 Å². The molecule has 3 rings (SSSR count). The number of rotatable bonds is 4. The van der Waals surface area contributed by atoms with Crippen molar-refractivity contribution in [3.05, 3.63) is 79.9 Å². The Kier molecular flexibility index (Phi) is 4.70. The van der Waals surface area contributed by atoms with Crippen LogP contribution in [-0.2, 0) is 9.47 Å². The Labute approximate surface area is 141 Å². The highest BCUT2D eigenvalue weighted by Crippen LogP contribution is 2.35. The monoisotopic (exact) mass is 346 g/mol. The van der Waals surface area contributed by atoms with Crippen LogP contribution < -0.4 is 0 Å². The molecule has 2 aromatic rings. The summed E-state index contributed by atoms with van der Waals surface area (Å²) in [5.74, 6) is 0. The van der Waals surface area contributed by atoms with E-state index in [9.17, 15) is 25.3 Å². The number of nitro groups is 2. The van der Waals surface area contributed by atoms with E-state index < -0.39 is 28.3 Å². The lowest BCUT2D eigenvalue weighted by Gasteiger charge is -2.34. The molecule has 130 valence electrons. The number of hydrogen-bond donors (Lipinski definition) is 1. The van der Waals surface area contributed by atoms with Crippen LogP contribution in [0, 0.1) is 20.2 Å². The van der Waals surface area contributed by atoms with Gasteiger partial charge >= 0.3 is 0 Å². The Morgan fingerprint density at radius 3 is 1.84 bits per heavy atom. The van der Waals surface area contributed by atoms with Crippen LogP contribution in [0.1, 0.15) is 23.5 Å². The first-order valence-electron chi connectivity index (χ1n) is 7.39. The van der Waals surface area contributed by atoms with Crippen LogP contribution in [0.4, 0.5) is 11.4 Å². The van der Waals surface area contributed by atoms with Crippen LogP contribution in [0.2, 0.25) is 0 Å². The minimum absolute atomic E-state index is 0.00328. The molecule has 0 bridgehead atoms. The average molecular weight is 346 g/mol. The molecule has 0 spiro atoms. The molecule has 0 unspecified atom stereocenters. The van der Waals surface area contributed by atoms with Gasteiger partial charge in [0.2, 0.25) is 0 Å². The van der Waals surface area contributed by atoms with Gasteiger partial charge < -0.3 is 14.6 Å². The Hall–Kier alpha value is -2.88. The topological polar surface area (TPSA) is 125 Å². The molecule has 0 aromatic heterocycles. The molecule has 3 atom stereocenters. The van der Waals surface area contributed by atoms with Crippen molar-refractivity contribution in [2.75, 3.05) is 6.61 Å². The SMILES string of the molecule is O=[N+]([O-])c1ccc([C@@H]2OC[C@@H](O)[C@@H](c3ccc([N+](=O)[O-])cc3)O2)cc1. The second-order valence-electron chi connectivity index (χ2n) is 5.49. The van der Waals surface area contributed by atoms with Gasteiger partial charge in [0.05, 0.1) is 16.5 Å². The fraction of sp³-hybridized carbons (Fsp3) is 0.250. The summed E-state index contributed by atoms with van der Waals surface area (Å²) < 4.78 is 11.2. The van der Waals surface area contributed by atoms with Gasteiger partial charge in [-0.15, -0.1) is 0 Å². The van der Waals surface area contributed by atoms with Gasteiger partial charge in [-0.05, 0) is 29.8 Å². The zero-order valence-corrected chi connectivity index (χ0v) is 12.8. The van der Waals surface area contributed by atoms with Gasteiger partial charge in [-0.25, -0.2) is 0 Å². The fourth-order valence-corrected chi connectivity index (χ4v) is 2.55. The molecule has 1 aliphatic rings. The quantitative estimate of drug-likeness (QED) is 0.666. The molecule has 0 radical (unpaired) electrons. The first-order chi connectivity index (χ1) is 12.0. The van der Waals surface area contributed by atoms with E-state index in [0.29, 0.717) is 11.1 Å². The van der Waals surface area contributed by atoms with E-state index >= 15 is 0 Å². The van der Waals surface area contributed by atoms with Crippen LogP contribution in [-0.4, -0.2) is 27.7 Å². The highest BCUT2D eigenvalue weighted by molar-refractivity contribution is 5.35. The van der Waals surface area contributed by atoms with Crippen molar-refractivity contribution in [3.8, 4) is 0 Å². The van der Waals surface area contributed by atoms with Crippen LogP contribution in [0.5, 0.6) is 0 Å². The van der Waals surface area contributed by atoms with Crippen LogP contribution in [0.15, 0.2) is 48.5 Å². The Balaban J connectivity index is 1.79. The van der Waals surface area contributed by atoms with E-state index in [2.05, 4.69) is 0 Å². The lowest BCUT2D eigenvalue weighted by Crippen LogP contribution is -2.34. The third-order valence-corrected chi connectivity index (χ3v) is 3.85. The normalized spacial score (nSPS) is 23.2. The summed E-state index contributed by atoms with van der Waals surface area (Å²) in [6.45, 7) is 0.00328. The van der Waals surface area contributed by atoms with Crippen molar-refractivity contribution >= 4 is 11.4 Å². The molecule has 0 aliphatic carbocycles. The molecular weight excluding hydrogens is 332 g/mol. The van der Waals surface area contributed by atoms with Gasteiger partial charge in [-0.3, -0.25) is 20.2 Å². The molecule has 1 aliphatic heterocycles. The number of aliphatic hydroxyl groups excluding tert-OH is 1. The van der Waals surface area contributed by atoms with Gasteiger partial charge in [0, 0.05) is 29.8 Å². The molecule has 25 heavy (non-hydrogen) atoms. The largest absolute Gasteiger partial charge is 0.388 e. The lowest BCUT2D eigenvalue weighted by atomic mass is 10.0. The number of aliphatic hydroxyl groups is 1. The summed E-state index contributed by atoms with van der Waals surface area (Å²) in [6, 6.07) is 11.4. The molecule has 1 heterocycles. The third-order valence-electron chi connectivity index (χ3n) is 3.85. The molecule has 0 amide bonds. The minimum Gasteiger partial charge on any atom is -0.388 e. The molecule has 0 saturated carbocycles. The molecule has 1 fully saturated rings. The van der Waals surface area contributed by atoms with Crippen molar-refractivity contribution < 1.29 is 24.4 Å². The van der Waals surface area contributed by atoms with Crippen molar-refractivity contribution in [2.45, 2.75) is 18.5 Å². The smallest absolute Gasteiger partial charge is 0.269 e. The summed E-state index contributed by atoms with van der Waals surface area (Å²) in [5, 5.41) is 31.5. The maximum absolute atomic E-state index is 10.7. The summed E-state index contributed by atoms with van der Waals surface area (Å²) in [7, 11) is 0. The van der Waals surface area contributed by atoms with Gasteiger partial charge in [0.1, 0.15) is 12.2 Å². The molecule has 9 nitrogen and oxygen atoms in total. The molecule has 9 heteroatoms. The zero-order valence-electron chi connectivity index (χ0n) is 12.8. The third kappa shape index (κ3) is 3.63. The van der Waals surface area contributed by atoms with E-state index in [0.717, 1.165) is 0 Å². The number of hydrogen-bond acceptors (Lipinski definition) is 7. The number of ether oxygens (including phenoxy) is 2. The maximum atomic E-state index is 10.7. The summed E-state index contributed by atoms with van der Waals surface area (Å²) in [5.41, 5.74) is 1.04.